The van der Waals surface area contributed by atoms with Crippen LogP contribution >= 0.6 is 0 Å². The molecule has 5 heteroatoms. The lowest BCUT2D eigenvalue weighted by Gasteiger charge is -2.21. The summed E-state index contributed by atoms with van der Waals surface area (Å²) in [6.07, 6.45) is 3.86. The van der Waals surface area contributed by atoms with Crippen molar-refractivity contribution in [3.8, 4) is 5.75 Å². The summed E-state index contributed by atoms with van der Waals surface area (Å²) in [6, 6.07) is 3.71. The summed E-state index contributed by atoms with van der Waals surface area (Å²) in [6.45, 7) is 10.4. The number of aryl methyl sites for hydroxylation is 1. The van der Waals surface area contributed by atoms with E-state index in [0.29, 0.717) is 40.7 Å². The Bertz CT molecular complexity index is 944. The van der Waals surface area contributed by atoms with Crippen molar-refractivity contribution in [3.63, 3.8) is 0 Å². The predicted molar refractivity (Wildman–Crippen MR) is 115 cm³/mol. The Morgan fingerprint density at radius 2 is 1.79 bits per heavy atom. The van der Waals surface area contributed by atoms with Crippen LogP contribution in [0.2, 0.25) is 0 Å². The first-order chi connectivity index (χ1) is 13.6. The van der Waals surface area contributed by atoms with Gasteiger partial charge in [0.15, 0.2) is 0 Å². The normalized spacial score (nSPS) is 18.4. The van der Waals surface area contributed by atoms with E-state index in [1.165, 1.54) is 0 Å². The summed E-state index contributed by atoms with van der Waals surface area (Å²) in [5.74, 6) is -0.110. The van der Waals surface area contributed by atoms with E-state index in [1.807, 2.05) is 19.1 Å². The van der Waals surface area contributed by atoms with Gasteiger partial charge in [0.25, 0.3) is 0 Å². The zero-order chi connectivity index (χ0) is 21.9. The second-order valence-electron chi connectivity index (χ2n) is 7.53. The third-order valence-electron chi connectivity index (χ3n) is 5.38. The number of benzene rings is 1. The van der Waals surface area contributed by atoms with Gasteiger partial charge >= 0.3 is 0 Å². The van der Waals surface area contributed by atoms with Gasteiger partial charge in [0.05, 0.1) is 6.10 Å². The van der Waals surface area contributed by atoms with Gasteiger partial charge in [-0.1, -0.05) is 36.4 Å². The van der Waals surface area contributed by atoms with Gasteiger partial charge in [-0.3, -0.25) is 0 Å². The lowest BCUT2D eigenvalue weighted by atomic mass is 9.89. The molecule has 5 N–H and O–H groups in total. The maximum absolute atomic E-state index is 10.9. The molecule has 29 heavy (non-hydrogen) atoms. The van der Waals surface area contributed by atoms with E-state index < -0.39 is 6.10 Å². The van der Waals surface area contributed by atoms with Crippen molar-refractivity contribution in [2.75, 3.05) is 0 Å². The highest BCUT2D eigenvalue weighted by atomic mass is 16.3. The van der Waals surface area contributed by atoms with Gasteiger partial charge in [0.1, 0.15) is 23.0 Å². The van der Waals surface area contributed by atoms with Gasteiger partial charge in [-0.25, -0.2) is 0 Å². The van der Waals surface area contributed by atoms with E-state index in [-0.39, 0.29) is 35.0 Å². The molecule has 1 aromatic rings. The molecule has 0 saturated heterocycles. The Morgan fingerprint density at radius 1 is 1.17 bits per heavy atom. The zero-order valence-corrected chi connectivity index (χ0v) is 17.5. The van der Waals surface area contributed by atoms with Crippen LogP contribution in [0.1, 0.15) is 43.9 Å². The molecule has 0 aromatic heterocycles. The standard InChI is InChI=1S/C24H30O5/c1-6-17(22(27)14(3)16(5)25)11-19-9-13(2)10-20(24(19)29)12-18-7-8-21(26)15(4)23(18)28/h6-7,9-10,21,25-29H,5,8,11-12H2,1-4H3/b17-6-,22-14+. The van der Waals surface area contributed by atoms with Crippen LogP contribution < -0.4 is 0 Å². The molecule has 156 valence electrons. The fourth-order valence-corrected chi connectivity index (χ4v) is 3.41. The molecule has 1 aliphatic carbocycles. The highest BCUT2D eigenvalue weighted by Crippen LogP contribution is 2.33. The smallest absolute Gasteiger partial charge is 0.125 e. The van der Waals surface area contributed by atoms with Gasteiger partial charge in [0, 0.05) is 18.4 Å². The number of hydrogen-bond donors (Lipinski definition) is 5. The van der Waals surface area contributed by atoms with Gasteiger partial charge in [0.2, 0.25) is 0 Å². The van der Waals surface area contributed by atoms with Gasteiger partial charge in [-0.2, -0.15) is 0 Å². The van der Waals surface area contributed by atoms with Gasteiger partial charge < -0.3 is 25.5 Å². The molecule has 1 aromatic carbocycles. The molecule has 0 spiro atoms. The van der Waals surface area contributed by atoms with Crippen LogP contribution in [-0.2, 0) is 12.8 Å². The second kappa shape index (κ2) is 9.05. The Kier molecular flexibility index (Phi) is 6.98. The average Bonchev–Trinajstić information content (AvgIpc) is 2.68. The molecule has 2 rings (SSSR count). The molecule has 0 fully saturated rings. The van der Waals surface area contributed by atoms with Crippen molar-refractivity contribution in [2.24, 2.45) is 0 Å². The summed E-state index contributed by atoms with van der Waals surface area (Å²) in [4.78, 5) is 0. The van der Waals surface area contributed by atoms with Crippen molar-refractivity contribution in [2.45, 2.75) is 53.1 Å². The largest absolute Gasteiger partial charge is 0.508 e. The monoisotopic (exact) mass is 398 g/mol. The topological polar surface area (TPSA) is 101 Å². The number of aromatic hydroxyl groups is 1. The van der Waals surface area contributed by atoms with Crippen LogP contribution in [0.15, 0.2) is 70.4 Å². The first-order valence-corrected chi connectivity index (χ1v) is 9.58. The number of phenols is 1. The molecule has 5 nitrogen and oxygen atoms in total. The minimum atomic E-state index is -0.683. The number of hydrogen-bond acceptors (Lipinski definition) is 5. The van der Waals surface area contributed by atoms with Crippen LogP contribution in [0.4, 0.5) is 0 Å². The van der Waals surface area contributed by atoms with Crippen LogP contribution in [0.3, 0.4) is 0 Å². The Labute approximate surface area is 172 Å². The Hall–Kier alpha value is -2.92. The molecule has 1 aliphatic rings. The third kappa shape index (κ3) is 4.93. The molecule has 0 heterocycles. The van der Waals surface area contributed by atoms with Crippen LogP contribution in [0, 0.1) is 6.92 Å². The average molecular weight is 398 g/mol. The molecule has 1 atom stereocenters. The minimum Gasteiger partial charge on any atom is -0.508 e. The molecular formula is C24H30O5. The number of aliphatic hydroxyl groups is 4. The van der Waals surface area contributed by atoms with E-state index in [1.54, 1.807) is 32.9 Å². The van der Waals surface area contributed by atoms with E-state index in [2.05, 4.69) is 6.58 Å². The van der Waals surface area contributed by atoms with Crippen molar-refractivity contribution < 1.29 is 25.5 Å². The summed E-state index contributed by atoms with van der Waals surface area (Å²) >= 11 is 0. The van der Waals surface area contributed by atoms with E-state index in [9.17, 15) is 25.5 Å². The summed E-state index contributed by atoms with van der Waals surface area (Å²) in [5, 5.41) is 51.1. The van der Waals surface area contributed by atoms with Crippen LogP contribution in [0.5, 0.6) is 5.75 Å². The summed E-state index contributed by atoms with van der Waals surface area (Å²) in [7, 11) is 0. The van der Waals surface area contributed by atoms with E-state index >= 15 is 0 Å². The van der Waals surface area contributed by atoms with Crippen molar-refractivity contribution in [3.05, 3.63) is 87.1 Å². The number of aliphatic hydroxyl groups excluding tert-OH is 4. The number of rotatable bonds is 6. The van der Waals surface area contributed by atoms with E-state index in [4.69, 9.17) is 0 Å². The van der Waals surface area contributed by atoms with Crippen molar-refractivity contribution in [1.82, 2.24) is 0 Å². The number of allylic oxidation sites excluding steroid dienone is 4. The highest BCUT2D eigenvalue weighted by molar-refractivity contribution is 5.51. The lowest BCUT2D eigenvalue weighted by Crippen LogP contribution is -2.15. The molecule has 0 bridgehead atoms. The summed E-state index contributed by atoms with van der Waals surface area (Å²) < 4.78 is 0. The predicted octanol–water partition coefficient (Wildman–Crippen LogP) is 5.16. The van der Waals surface area contributed by atoms with Crippen LogP contribution in [-0.4, -0.2) is 31.6 Å². The second-order valence-corrected chi connectivity index (χ2v) is 7.53. The Balaban J connectivity index is 2.39. The molecule has 0 radical (unpaired) electrons. The zero-order valence-electron chi connectivity index (χ0n) is 17.5. The first kappa shape index (κ1) is 22.4. The third-order valence-corrected chi connectivity index (χ3v) is 5.38. The molecule has 0 saturated carbocycles. The molecular weight excluding hydrogens is 368 g/mol. The maximum atomic E-state index is 10.9. The lowest BCUT2D eigenvalue weighted by molar-refractivity contribution is 0.202. The van der Waals surface area contributed by atoms with Crippen molar-refractivity contribution >= 4 is 0 Å². The first-order valence-electron chi connectivity index (χ1n) is 9.58. The quantitative estimate of drug-likeness (QED) is 0.337. The fourth-order valence-electron chi connectivity index (χ4n) is 3.41. The maximum Gasteiger partial charge on any atom is 0.125 e. The SMILES string of the molecule is C=C(O)/C(C)=C(O)\C(=C/C)Cc1cc(C)cc(CC2=CCC(O)C(C)=C2O)c1O. The van der Waals surface area contributed by atoms with Crippen molar-refractivity contribution in [1.29, 1.82) is 0 Å². The number of phenolic OH excluding ortho intramolecular Hbond substituents is 1. The van der Waals surface area contributed by atoms with Gasteiger partial charge in [-0.05, 0) is 62.0 Å². The molecule has 0 aliphatic heterocycles. The minimum absolute atomic E-state index is 0.0670. The van der Waals surface area contributed by atoms with Crippen LogP contribution in [0.25, 0.3) is 0 Å². The fraction of sp³-hybridized carbons (Fsp3) is 0.333. The summed E-state index contributed by atoms with van der Waals surface area (Å²) in [5.41, 5.74) is 4.26. The van der Waals surface area contributed by atoms with Gasteiger partial charge in [-0.15, -0.1) is 0 Å². The molecule has 0 amide bonds. The Morgan fingerprint density at radius 3 is 2.38 bits per heavy atom. The van der Waals surface area contributed by atoms with E-state index in [0.717, 1.165) is 5.56 Å². The highest BCUT2D eigenvalue weighted by Gasteiger charge is 2.21. The molecule has 1 unspecified atom stereocenters.